The lowest BCUT2D eigenvalue weighted by atomic mass is 10.2. The van der Waals surface area contributed by atoms with Crippen LogP contribution in [0.5, 0.6) is 0 Å². The third-order valence-corrected chi connectivity index (χ3v) is 4.20. The van der Waals surface area contributed by atoms with Crippen LogP contribution in [0.4, 0.5) is 14.5 Å². The molecule has 0 aliphatic heterocycles. The molecule has 2 N–H and O–H groups in total. The lowest BCUT2D eigenvalue weighted by Gasteiger charge is -2.08. The molecule has 0 saturated heterocycles. The molecule has 2 aromatic carbocycles. The van der Waals surface area contributed by atoms with Crippen molar-refractivity contribution >= 4 is 28.1 Å². The van der Waals surface area contributed by atoms with E-state index in [-0.39, 0.29) is 17.0 Å². The molecule has 0 fully saturated rings. The Morgan fingerprint density at radius 3 is 2.37 bits per heavy atom. The summed E-state index contributed by atoms with van der Waals surface area (Å²) in [5.74, 6) is -1.72. The Labute approximate surface area is 116 Å². The summed E-state index contributed by atoms with van der Waals surface area (Å²) >= 11 is 5.73. The molecular formula is C13H10ClF2NOS. The topological polar surface area (TPSA) is 43.1 Å². The lowest BCUT2D eigenvalue weighted by molar-refractivity contribution is 0.564. The first-order valence-corrected chi connectivity index (χ1v) is 7.05. The number of hydrogen-bond acceptors (Lipinski definition) is 2. The smallest absolute Gasteiger partial charge is 0.130 e. The molecule has 0 radical (unpaired) electrons. The van der Waals surface area contributed by atoms with E-state index in [4.69, 9.17) is 17.3 Å². The van der Waals surface area contributed by atoms with Crippen LogP contribution in [-0.2, 0) is 16.6 Å². The van der Waals surface area contributed by atoms with E-state index in [0.29, 0.717) is 9.92 Å². The zero-order valence-corrected chi connectivity index (χ0v) is 11.3. The van der Waals surface area contributed by atoms with Crippen LogP contribution >= 0.6 is 11.6 Å². The number of nitrogens with two attached hydrogens (primary N) is 1. The average molecular weight is 302 g/mol. The summed E-state index contributed by atoms with van der Waals surface area (Å²) in [4.78, 5) is 0.312. The van der Waals surface area contributed by atoms with Crippen molar-refractivity contribution in [2.24, 2.45) is 0 Å². The van der Waals surface area contributed by atoms with Gasteiger partial charge in [0, 0.05) is 16.3 Å². The highest BCUT2D eigenvalue weighted by molar-refractivity contribution is 7.84. The summed E-state index contributed by atoms with van der Waals surface area (Å²) in [5.41, 5.74) is 5.71. The number of halogens is 3. The van der Waals surface area contributed by atoms with Crippen molar-refractivity contribution in [3.63, 3.8) is 0 Å². The van der Waals surface area contributed by atoms with Gasteiger partial charge in [-0.05, 0) is 30.3 Å². The third kappa shape index (κ3) is 3.11. The van der Waals surface area contributed by atoms with Crippen LogP contribution in [0, 0.1) is 11.6 Å². The molecule has 0 aliphatic rings. The number of benzene rings is 2. The van der Waals surface area contributed by atoms with Crippen molar-refractivity contribution in [2.75, 3.05) is 5.73 Å². The second-order valence-corrected chi connectivity index (χ2v) is 5.73. The molecule has 19 heavy (non-hydrogen) atoms. The van der Waals surface area contributed by atoms with Gasteiger partial charge in [-0.15, -0.1) is 0 Å². The molecule has 6 heteroatoms. The predicted octanol–water partition coefficient (Wildman–Crippen LogP) is 3.51. The van der Waals surface area contributed by atoms with Gasteiger partial charge in [-0.25, -0.2) is 8.78 Å². The monoisotopic (exact) mass is 301 g/mol. The summed E-state index contributed by atoms with van der Waals surface area (Å²) in [7, 11) is -1.64. The number of anilines is 1. The molecule has 100 valence electrons. The van der Waals surface area contributed by atoms with Gasteiger partial charge in [-0.3, -0.25) is 4.21 Å². The maximum absolute atomic E-state index is 13.5. The minimum atomic E-state index is -1.64. The number of rotatable bonds is 3. The SMILES string of the molecule is Nc1cc(Cl)ccc1S(=O)Cc1c(F)cccc1F. The zero-order chi connectivity index (χ0) is 14.0. The first-order chi connectivity index (χ1) is 8.99. The van der Waals surface area contributed by atoms with Crippen molar-refractivity contribution in [3.05, 3.63) is 58.6 Å². The Morgan fingerprint density at radius 2 is 1.79 bits per heavy atom. The molecule has 0 aliphatic carbocycles. The van der Waals surface area contributed by atoms with Crippen LogP contribution in [-0.4, -0.2) is 4.21 Å². The van der Waals surface area contributed by atoms with Gasteiger partial charge in [0.1, 0.15) is 11.6 Å². The van der Waals surface area contributed by atoms with E-state index in [1.54, 1.807) is 0 Å². The Kier molecular flexibility index (Phi) is 4.17. The maximum Gasteiger partial charge on any atom is 0.130 e. The van der Waals surface area contributed by atoms with E-state index in [1.807, 2.05) is 0 Å². The van der Waals surface area contributed by atoms with Crippen molar-refractivity contribution in [1.82, 2.24) is 0 Å². The van der Waals surface area contributed by atoms with Gasteiger partial charge in [0.05, 0.1) is 21.4 Å². The fourth-order valence-corrected chi connectivity index (χ4v) is 3.02. The van der Waals surface area contributed by atoms with Gasteiger partial charge in [-0.2, -0.15) is 0 Å². The minimum Gasteiger partial charge on any atom is -0.398 e. The molecule has 1 atom stereocenters. The summed E-state index contributed by atoms with van der Waals surface area (Å²) in [6.45, 7) is 0. The molecule has 0 bridgehead atoms. The lowest BCUT2D eigenvalue weighted by Crippen LogP contribution is -2.04. The summed E-state index contributed by atoms with van der Waals surface area (Å²) in [6.07, 6.45) is 0. The van der Waals surface area contributed by atoms with Gasteiger partial charge in [0.25, 0.3) is 0 Å². The van der Waals surface area contributed by atoms with Gasteiger partial charge < -0.3 is 5.73 Å². The first kappa shape index (κ1) is 14.0. The molecule has 0 aromatic heterocycles. The van der Waals surface area contributed by atoms with E-state index in [2.05, 4.69) is 0 Å². The highest BCUT2D eigenvalue weighted by Gasteiger charge is 2.15. The van der Waals surface area contributed by atoms with Crippen LogP contribution in [0.1, 0.15) is 5.56 Å². The second-order valence-electron chi connectivity index (χ2n) is 3.87. The molecule has 2 aromatic rings. The number of nitrogen functional groups attached to an aromatic ring is 1. The van der Waals surface area contributed by atoms with Crippen LogP contribution < -0.4 is 5.73 Å². The van der Waals surface area contributed by atoms with Crippen LogP contribution in [0.25, 0.3) is 0 Å². The molecule has 2 nitrogen and oxygen atoms in total. The largest absolute Gasteiger partial charge is 0.398 e. The van der Waals surface area contributed by atoms with Crippen molar-refractivity contribution < 1.29 is 13.0 Å². The standard InChI is InChI=1S/C13H10ClF2NOS/c14-8-4-5-13(12(17)6-8)19(18)7-9-10(15)2-1-3-11(9)16/h1-6H,7,17H2. The Morgan fingerprint density at radius 1 is 1.16 bits per heavy atom. The molecule has 0 saturated carbocycles. The van der Waals surface area contributed by atoms with E-state index >= 15 is 0 Å². The van der Waals surface area contributed by atoms with Crippen LogP contribution in [0.2, 0.25) is 5.02 Å². The third-order valence-electron chi connectivity index (χ3n) is 2.55. The second kappa shape index (κ2) is 5.67. The summed E-state index contributed by atoms with van der Waals surface area (Å²) in [6, 6.07) is 7.98. The molecular weight excluding hydrogens is 292 g/mol. The molecule has 1 unspecified atom stereocenters. The Bertz CT molecular complexity index is 628. The van der Waals surface area contributed by atoms with Crippen LogP contribution in [0.3, 0.4) is 0 Å². The highest BCUT2D eigenvalue weighted by Crippen LogP contribution is 2.24. The Balaban J connectivity index is 2.31. The summed E-state index contributed by atoms with van der Waals surface area (Å²) in [5, 5.41) is 0.412. The van der Waals surface area contributed by atoms with Crippen molar-refractivity contribution in [3.8, 4) is 0 Å². The zero-order valence-electron chi connectivity index (χ0n) is 9.70. The molecule has 2 rings (SSSR count). The molecule has 0 heterocycles. The van der Waals surface area contributed by atoms with Gasteiger partial charge in [0.2, 0.25) is 0 Å². The summed E-state index contributed by atoms with van der Waals surface area (Å²) < 4.78 is 39.0. The van der Waals surface area contributed by atoms with E-state index in [1.165, 1.54) is 24.3 Å². The first-order valence-electron chi connectivity index (χ1n) is 5.35. The van der Waals surface area contributed by atoms with E-state index in [9.17, 15) is 13.0 Å². The fraction of sp³-hybridized carbons (Fsp3) is 0.0769. The van der Waals surface area contributed by atoms with E-state index < -0.39 is 22.4 Å². The highest BCUT2D eigenvalue weighted by atomic mass is 35.5. The van der Waals surface area contributed by atoms with Crippen molar-refractivity contribution in [2.45, 2.75) is 10.6 Å². The molecule has 0 spiro atoms. The minimum absolute atomic E-state index is 0.213. The van der Waals surface area contributed by atoms with Gasteiger partial charge >= 0.3 is 0 Å². The Hall–Kier alpha value is -1.46. The van der Waals surface area contributed by atoms with Gasteiger partial charge in [0.15, 0.2) is 0 Å². The quantitative estimate of drug-likeness (QED) is 0.882. The normalized spacial score (nSPS) is 12.4. The fourth-order valence-electron chi connectivity index (χ4n) is 1.61. The maximum atomic E-state index is 13.5. The van der Waals surface area contributed by atoms with Crippen molar-refractivity contribution in [1.29, 1.82) is 0 Å². The van der Waals surface area contributed by atoms with E-state index in [0.717, 1.165) is 12.1 Å². The predicted molar refractivity (Wildman–Crippen MR) is 72.3 cm³/mol. The number of hydrogen-bond donors (Lipinski definition) is 1. The van der Waals surface area contributed by atoms with Crippen LogP contribution in [0.15, 0.2) is 41.3 Å². The van der Waals surface area contributed by atoms with Gasteiger partial charge in [-0.1, -0.05) is 17.7 Å². The average Bonchev–Trinajstić information content (AvgIpc) is 2.33. The molecule has 0 amide bonds.